The number of thioether (sulfide) groups is 1. The Morgan fingerprint density at radius 2 is 1.82 bits per heavy atom. The Morgan fingerprint density at radius 1 is 1.04 bits per heavy atom. The number of nitrogens with zero attached hydrogens (tertiary/aromatic N) is 4. The van der Waals surface area contributed by atoms with E-state index >= 15 is 0 Å². The highest BCUT2D eigenvalue weighted by molar-refractivity contribution is 7.98. The van der Waals surface area contributed by atoms with Crippen LogP contribution in [0.5, 0.6) is 0 Å². The number of benzene rings is 1. The standard InChI is InChI=1S/C20H17F3N4S/c1-14-7-8-18-25-16(11-26(18)10-14)12-28-19-24-9-17(15-5-3-2-4-6-15)27(19)13-20(21,22)23/h2-11H,12-13H2,1H3. The first kappa shape index (κ1) is 18.6. The quantitative estimate of drug-likeness (QED) is 0.422. The molecule has 0 amide bonds. The normalized spacial score (nSPS) is 12.0. The fourth-order valence-corrected chi connectivity index (χ4v) is 3.87. The van der Waals surface area contributed by atoms with Crippen LogP contribution in [0.25, 0.3) is 16.9 Å². The van der Waals surface area contributed by atoms with Gasteiger partial charge in [-0.3, -0.25) is 0 Å². The summed E-state index contributed by atoms with van der Waals surface area (Å²) in [5.41, 5.74) is 3.86. The second kappa shape index (κ2) is 7.35. The fourth-order valence-electron chi connectivity index (χ4n) is 3.01. The molecule has 0 saturated heterocycles. The first-order valence-corrected chi connectivity index (χ1v) is 9.62. The van der Waals surface area contributed by atoms with Crippen LogP contribution in [0.15, 0.2) is 66.2 Å². The Labute approximate surface area is 164 Å². The molecule has 0 radical (unpaired) electrons. The number of pyridine rings is 1. The molecule has 28 heavy (non-hydrogen) atoms. The minimum absolute atomic E-state index is 0.324. The van der Waals surface area contributed by atoms with Crippen LogP contribution in [0.3, 0.4) is 0 Å². The minimum Gasteiger partial charge on any atom is -0.310 e. The van der Waals surface area contributed by atoms with Gasteiger partial charge in [-0.1, -0.05) is 48.2 Å². The maximum Gasteiger partial charge on any atom is 0.406 e. The Bertz CT molecular complexity index is 1100. The summed E-state index contributed by atoms with van der Waals surface area (Å²) in [7, 11) is 0. The molecule has 3 aromatic heterocycles. The third kappa shape index (κ3) is 4.06. The highest BCUT2D eigenvalue weighted by Gasteiger charge is 2.30. The zero-order valence-corrected chi connectivity index (χ0v) is 15.8. The monoisotopic (exact) mass is 402 g/mol. The van der Waals surface area contributed by atoms with Gasteiger partial charge >= 0.3 is 6.18 Å². The smallest absolute Gasteiger partial charge is 0.310 e. The van der Waals surface area contributed by atoms with Crippen molar-refractivity contribution in [3.8, 4) is 11.3 Å². The molecule has 0 saturated carbocycles. The molecule has 4 nitrogen and oxygen atoms in total. The van der Waals surface area contributed by atoms with Gasteiger partial charge in [-0.05, 0) is 24.1 Å². The van der Waals surface area contributed by atoms with Gasteiger partial charge < -0.3 is 8.97 Å². The summed E-state index contributed by atoms with van der Waals surface area (Å²) >= 11 is 1.25. The fraction of sp³-hybridized carbons (Fsp3) is 0.200. The van der Waals surface area contributed by atoms with Crippen molar-refractivity contribution in [3.05, 3.63) is 72.3 Å². The minimum atomic E-state index is -4.33. The summed E-state index contributed by atoms with van der Waals surface area (Å²) in [5.74, 6) is 0.434. The second-order valence-corrected chi connectivity index (χ2v) is 7.43. The molecule has 0 atom stereocenters. The van der Waals surface area contributed by atoms with E-state index in [1.807, 2.05) is 41.9 Å². The molecular weight excluding hydrogens is 385 g/mol. The van der Waals surface area contributed by atoms with Crippen molar-refractivity contribution in [2.45, 2.75) is 30.6 Å². The predicted molar refractivity (Wildman–Crippen MR) is 103 cm³/mol. The van der Waals surface area contributed by atoms with Gasteiger partial charge in [0.15, 0.2) is 5.16 Å². The Morgan fingerprint density at radius 3 is 2.57 bits per heavy atom. The summed E-state index contributed by atoms with van der Waals surface area (Å²) in [6, 6.07) is 12.9. The average molecular weight is 402 g/mol. The largest absolute Gasteiger partial charge is 0.406 e. The van der Waals surface area contributed by atoms with Gasteiger partial charge in [-0.25, -0.2) is 9.97 Å². The number of halogens is 3. The van der Waals surface area contributed by atoms with Gasteiger partial charge in [-0.15, -0.1) is 0 Å². The number of rotatable bonds is 5. The average Bonchev–Trinajstić information content (AvgIpc) is 3.22. The van der Waals surface area contributed by atoms with E-state index in [1.165, 1.54) is 22.5 Å². The molecule has 0 aliphatic carbocycles. The van der Waals surface area contributed by atoms with Crippen molar-refractivity contribution in [2.24, 2.45) is 0 Å². The van der Waals surface area contributed by atoms with Gasteiger partial charge in [0.1, 0.15) is 12.2 Å². The van der Waals surface area contributed by atoms with Crippen LogP contribution < -0.4 is 0 Å². The van der Waals surface area contributed by atoms with E-state index in [9.17, 15) is 13.2 Å². The molecule has 0 aliphatic heterocycles. The van der Waals surface area contributed by atoms with E-state index in [0.29, 0.717) is 22.2 Å². The molecule has 0 aliphatic rings. The maximum atomic E-state index is 13.2. The Kier molecular flexibility index (Phi) is 4.89. The van der Waals surface area contributed by atoms with Crippen LogP contribution in [0.4, 0.5) is 13.2 Å². The van der Waals surface area contributed by atoms with Gasteiger partial charge in [0.2, 0.25) is 0 Å². The van der Waals surface area contributed by atoms with Crippen molar-refractivity contribution in [2.75, 3.05) is 0 Å². The lowest BCUT2D eigenvalue weighted by atomic mass is 10.2. The van der Waals surface area contributed by atoms with E-state index in [-0.39, 0.29) is 0 Å². The lowest BCUT2D eigenvalue weighted by Crippen LogP contribution is -2.19. The number of aromatic nitrogens is 4. The number of imidazole rings is 2. The SMILES string of the molecule is Cc1ccc2nc(CSc3ncc(-c4ccccc4)n3CC(F)(F)F)cn2c1. The highest BCUT2D eigenvalue weighted by Crippen LogP contribution is 2.31. The third-order valence-electron chi connectivity index (χ3n) is 4.22. The second-order valence-electron chi connectivity index (χ2n) is 6.49. The summed E-state index contributed by atoms with van der Waals surface area (Å²) < 4.78 is 42.6. The van der Waals surface area contributed by atoms with Crippen molar-refractivity contribution < 1.29 is 13.2 Å². The molecular formula is C20H17F3N4S. The van der Waals surface area contributed by atoms with Crippen LogP contribution in [0, 0.1) is 6.92 Å². The summed E-state index contributed by atoms with van der Waals surface area (Å²) in [6.07, 6.45) is 1.02. The number of hydrogen-bond donors (Lipinski definition) is 0. The first-order chi connectivity index (χ1) is 13.4. The number of aryl methyl sites for hydroxylation is 1. The van der Waals surface area contributed by atoms with Crippen molar-refractivity contribution in [1.82, 2.24) is 18.9 Å². The summed E-state index contributed by atoms with van der Waals surface area (Å²) in [6.45, 7) is 0.914. The van der Waals surface area contributed by atoms with E-state index in [1.54, 1.807) is 24.3 Å². The maximum absolute atomic E-state index is 13.2. The van der Waals surface area contributed by atoms with Crippen molar-refractivity contribution in [3.63, 3.8) is 0 Å². The number of fused-ring (bicyclic) bond motifs is 1. The van der Waals surface area contributed by atoms with E-state index in [4.69, 9.17) is 0 Å². The number of hydrogen-bond acceptors (Lipinski definition) is 3. The molecule has 144 valence electrons. The van der Waals surface area contributed by atoms with Crippen LogP contribution >= 0.6 is 11.8 Å². The van der Waals surface area contributed by atoms with Crippen molar-refractivity contribution >= 4 is 17.4 Å². The molecule has 8 heteroatoms. The molecule has 0 bridgehead atoms. The first-order valence-electron chi connectivity index (χ1n) is 8.64. The molecule has 3 heterocycles. The van der Waals surface area contributed by atoms with Crippen LogP contribution in [0.1, 0.15) is 11.3 Å². The molecule has 0 N–H and O–H groups in total. The molecule has 4 aromatic rings. The lowest BCUT2D eigenvalue weighted by Gasteiger charge is -2.14. The van der Waals surface area contributed by atoms with E-state index < -0.39 is 12.7 Å². The van der Waals surface area contributed by atoms with Gasteiger partial charge in [-0.2, -0.15) is 13.2 Å². The van der Waals surface area contributed by atoms with Crippen LogP contribution in [-0.2, 0) is 12.3 Å². The molecule has 0 fully saturated rings. The predicted octanol–water partition coefficient (Wildman–Crippen LogP) is 5.36. The van der Waals surface area contributed by atoms with Gasteiger partial charge in [0, 0.05) is 18.1 Å². The molecule has 4 rings (SSSR count). The molecule has 1 aromatic carbocycles. The third-order valence-corrected chi connectivity index (χ3v) is 5.25. The lowest BCUT2D eigenvalue weighted by molar-refractivity contribution is -0.141. The zero-order chi connectivity index (χ0) is 19.7. The summed E-state index contributed by atoms with van der Waals surface area (Å²) in [5, 5.41) is 0.324. The van der Waals surface area contributed by atoms with Gasteiger partial charge in [0.25, 0.3) is 0 Å². The number of alkyl halides is 3. The molecule has 0 spiro atoms. The highest BCUT2D eigenvalue weighted by atomic mass is 32.2. The summed E-state index contributed by atoms with van der Waals surface area (Å²) in [4.78, 5) is 8.77. The Hall–Kier alpha value is -2.74. The molecule has 0 unspecified atom stereocenters. The van der Waals surface area contributed by atoms with Crippen LogP contribution in [0.2, 0.25) is 0 Å². The van der Waals surface area contributed by atoms with E-state index in [2.05, 4.69) is 9.97 Å². The zero-order valence-electron chi connectivity index (χ0n) is 15.0. The van der Waals surface area contributed by atoms with Crippen molar-refractivity contribution in [1.29, 1.82) is 0 Å². The van der Waals surface area contributed by atoms with E-state index in [0.717, 1.165) is 16.9 Å². The topological polar surface area (TPSA) is 35.1 Å². The Balaban J connectivity index is 1.62. The van der Waals surface area contributed by atoms with Gasteiger partial charge in [0.05, 0.1) is 17.6 Å². The van der Waals surface area contributed by atoms with Crippen LogP contribution in [-0.4, -0.2) is 25.1 Å².